The van der Waals surface area contributed by atoms with Crippen molar-refractivity contribution in [1.82, 2.24) is 20.0 Å². The number of ether oxygens (including phenoxy) is 1. The summed E-state index contributed by atoms with van der Waals surface area (Å²) in [6, 6.07) is 3.67. The van der Waals surface area contributed by atoms with E-state index in [0.717, 1.165) is 58.3 Å². The molecule has 1 atom stereocenters. The normalized spacial score (nSPS) is 21.9. The Bertz CT molecular complexity index is 1250. The molecule has 0 spiro atoms. The Labute approximate surface area is 229 Å². The largest absolute Gasteiger partial charge is 0.444 e. The molecule has 39 heavy (non-hydrogen) atoms. The maximum atomic E-state index is 15.8. The molecule has 0 aliphatic carbocycles. The van der Waals surface area contributed by atoms with Gasteiger partial charge in [0.1, 0.15) is 11.1 Å². The van der Waals surface area contributed by atoms with E-state index >= 15 is 4.39 Å². The highest BCUT2D eigenvalue weighted by molar-refractivity contribution is 6.02. The number of halogens is 1. The standard InChI is InChI=1S/C29H40FN5O4/c1-29(2,3)39-28(38)35-15-11-19(12-16-35)17-18-9-13-34(14-10-18)22-7-5-20-25(32-33(4)26(20)24(22)30)21-6-8-23(36)31-27(21)37/h5,7,18-19,21H,6,8-17H2,1-4H3,(H,31,36,37). The number of likely N-dealkylation sites (tertiary alicyclic amines) is 1. The van der Waals surface area contributed by atoms with Gasteiger partial charge in [0, 0.05) is 45.0 Å². The van der Waals surface area contributed by atoms with E-state index < -0.39 is 11.5 Å². The van der Waals surface area contributed by atoms with Gasteiger partial charge in [0.25, 0.3) is 0 Å². The van der Waals surface area contributed by atoms with Crippen LogP contribution in [0.2, 0.25) is 0 Å². The molecule has 0 bridgehead atoms. The minimum atomic E-state index is -0.552. The molecule has 0 radical (unpaired) electrons. The summed E-state index contributed by atoms with van der Waals surface area (Å²) in [7, 11) is 1.70. The summed E-state index contributed by atoms with van der Waals surface area (Å²) in [6.45, 7) is 8.75. The summed E-state index contributed by atoms with van der Waals surface area (Å²) in [5.41, 5.74) is 1.02. The second kappa shape index (κ2) is 10.8. The van der Waals surface area contributed by atoms with E-state index in [1.54, 1.807) is 13.1 Å². The number of carbonyl (C=O) groups excluding carboxylic acids is 3. The highest BCUT2D eigenvalue weighted by atomic mass is 19.1. The third-order valence-corrected chi connectivity index (χ3v) is 8.41. The lowest BCUT2D eigenvalue weighted by molar-refractivity contribution is -0.134. The molecule has 1 unspecified atom stereocenters. The molecule has 4 heterocycles. The molecule has 3 fully saturated rings. The molecule has 5 rings (SSSR count). The molecule has 1 N–H and O–H groups in total. The number of aryl methyl sites for hydroxylation is 1. The summed E-state index contributed by atoms with van der Waals surface area (Å²) < 4.78 is 22.9. The Hall–Kier alpha value is -3.17. The van der Waals surface area contributed by atoms with E-state index in [4.69, 9.17) is 4.74 Å². The monoisotopic (exact) mass is 541 g/mol. The van der Waals surface area contributed by atoms with Gasteiger partial charge in [0.15, 0.2) is 5.82 Å². The number of aromatic nitrogens is 2. The van der Waals surface area contributed by atoms with Gasteiger partial charge in [-0.1, -0.05) is 0 Å². The molecule has 2 aromatic rings. The van der Waals surface area contributed by atoms with Gasteiger partial charge in [-0.25, -0.2) is 9.18 Å². The van der Waals surface area contributed by atoms with Gasteiger partial charge in [0.05, 0.1) is 17.3 Å². The summed E-state index contributed by atoms with van der Waals surface area (Å²) >= 11 is 0. The molecule has 10 heteroatoms. The third-order valence-electron chi connectivity index (χ3n) is 8.41. The van der Waals surface area contributed by atoms with Gasteiger partial charge in [-0.2, -0.15) is 5.10 Å². The van der Waals surface area contributed by atoms with Crippen LogP contribution in [0.25, 0.3) is 10.9 Å². The highest BCUT2D eigenvalue weighted by Crippen LogP contribution is 2.37. The van der Waals surface area contributed by atoms with E-state index in [0.29, 0.717) is 40.5 Å². The van der Waals surface area contributed by atoms with Crippen LogP contribution in [0.4, 0.5) is 14.9 Å². The van der Waals surface area contributed by atoms with Crippen LogP contribution in [-0.4, -0.2) is 64.4 Å². The summed E-state index contributed by atoms with van der Waals surface area (Å²) in [4.78, 5) is 40.3. The molecule has 0 saturated carbocycles. The predicted octanol–water partition coefficient (Wildman–Crippen LogP) is 4.49. The van der Waals surface area contributed by atoms with Crippen molar-refractivity contribution in [3.05, 3.63) is 23.6 Å². The van der Waals surface area contributed by atoms with Gasteiger partial charge >= 0.3 is 6.09 Å². The first kappa shape index (κ1) is 27.4. The minimum absolute atomic E-state index is 0.217. The third kappa shape index (κ3) is 5.89. The minimum Gasteiger partial charge on any atom is -0.444 e. The zero-order valence-corrected chi connectivity index (χ0v) is 23.5. The van der Waals surface area contributed by atoms with Gasteiger partial charge in [-0.15, -0.1) is 0 Å². The fourth-order valence-corrected chi connectivity index (χ4v) is 6.36. The first-order valence-electron chi connectivity index (χ1n) is 14.2. The molecule has 3 aliphatic rings. The molecular formula is C29H40FN5O4. The maximum Gasteiger partial charge on any atom is 0.410 e. The average Bonchev–Trinajstić information content (AvgIpc) is 3.21. The van der Waals surface area contributed by atoms with Crippen molar-refractivity contribution in [2.75, 3.05) is 31.1 Å². The molecular weight excluding hydrogens is 501 g/mol. The lowest BCUT2D eigenvalue weighted by Crippen LogP contribution is -2.42. The van der Waals surface area contributed by atoms with Crippen LogP contribution in [-0.2, 0) is 21.4 Å². The Morgan fingerprint density at radius 3 is 2.31 bits per heavy atom. The topological polar surface area (TPSA) is 96.8 Å². The van der Waals surface area contributed by atoms with Crippen molar-refractivity contribution >= 4 is 34.5 Å². The Kier molecular flexibility index (Phi) is 7.57. The Balaban J connectivity index is 1.18. The number of nitrogens with zero attached hydrogens (tertiary/aromatic N) is 4. The van der Waals surface area contributed by atoms with Crippen LogP contribution in [0.15, 0.2) is 12.1 Å². The molecule has 1 aromatic carbocycles. The lowest BCUT2D eigenvalue weighted by Gasteiger charge is -2.38. The molecule has 3 amide bonds. The van der Waals surface area contributed by atoms with Crippen LogP contribution < -0.4 is 10.2 Å². The van der Waals surface area contributed by atoms with Crippen LogP contribution in [0.1, 0.15) is 77.3 Å². The number of benzene rings is 1. The smallest absolute Gasteiger partial charge is 0.410 e. The fourth-order valence-electron chi connectivity index (χ4n) is 6.36. The zero-order valence-electron chi connectivity index (χ0n) is 23.5. The second-order valence-electron chi connectivity index (χ2n) is 12.4. The van der Waals surface area contributed by atoms with Crippen molar-refractivity contribution in [1.29, 1.82) is 0 Å². The summed E-state index contributed by atoms with van der Waals surface area (Å²) in [5, 5.41) is 7.50. The fraction of sp³-hybridized carbons (Fsp3) is 0.655. The van der Waals surface area contributed by atoms with Crippen molar-refractivity contribution < 1.29 is 23.5 Å². The number of hydrogen-bond acceptors (Lipinski definition) is 6. The van der Waals surface area contributed by atoms with Crippen molar-refractivity contribution in [3.8, 4) is 0 Å². The van der Waals surface area contributed by atoms with E-state index in [-0.39, 0.29) is 30.1 Å². The number of carbonyl (C=O) groups is 3. The van der Waals surface area contributed by atoms with Gasteiger partial charge in [-0.3, -0.25) is 19.6 Å². The first-order valence-corrected chi connectivity index (χ1v) is 14.2. The van der Waals surface area contributed by atoms with Gasteiger partial charge < -0.3 is 14.5 Å². The number of fused-ring (bicyclic) bond motifs is 1. The second-order valence-corrected chi connectivity index (χ2v) is 12.4. The van der Waals surface area contributed by atoms with Gasteiger partial charge in [-0.05, 0) is 83.3 Å². The molecule has 1 aromatic heterocycles. The number of nitrogens with one attached hydrogen (secondary N) is 1. The van der Waals surface area contributed by atoms with Crippen LogP contribution in [0.5, 0.6) is 0 Å². The predicted molar refractivity (Wildman–Crippen MR) is 146 cm³/mol. The molecule has 212 valence electrons. The number of anilines is 1. The quantitative estimate of drug-likeness (QED) is 0.573. The van der Waals surface area contributed by atoms with E-state index in [1.807, 2.05) is 31.7 Å². The number of hydrogen-bond donors (Lipinski definition) is 1. The summed E-state index contributed by atoms with van der Waals surface area (Å²) in [5.74, 6) is -0.305. The lowest BCUT2D eigenvalue weighted by atomic mass is 9.82. The maximum absolute atomic E-state index is 15.8. The van der Waals surface area contributed by atoms with Crippen molar-refractivity contribution in [2.45, 2.75) is 77.2 Å². The Morgan fingerprint density at radius 1 is 1.05 bits per heavy atom. The summed E-state index contributed by atoms with van der Waals surface area (Å²) in [6.07, 6.45) is 5.59. The van der Waals surface area contributed by atoms with Crippen molar-refractivity contribution in [2.24, 2.45) is 18.9 Å². The van der Waals surface area contributed by atoms with E-state index in [1.165, 1.54) is 4.68 Å². The number of rotatable bonds is 4. The molecule has 3 aliphatic heterocycles. The first-order chi connectivity index (χ1) is 18.5. The number of imide groups is 1. The van der Waals surface area contributed by atoms with E-state index in [2.05, 4.69) is 15.3 Å². The Morgan fingerprint density at radius 2 is 1.69 bits per heavy atom. The van der Waals surface area contributed by atoms with Crippen LogP contribution in [0.3, 0.4) is 0 Å². The molecule has 9 nitrogen and oxygen atoms in total. The SMILES string of the molecule is Cn1nc(C2CCC(=O)NC2=O)c2ccc(N3CCC(CC4CCN(C(=O)OC(C)(C)C)CC4)CC3)c(F)c21. The molecule has 3 saturated heterocycles. The highest BCUT2D eigenvalue weighted by Gasteiger charge is 2.34. The van der Waals surface area contributed by atoms with Crippen molar-refractivity contribution in [3.63, 3.8) is 0 Å². The number of amides is 3. The van der Waals surface area contributed by atoms with Crippen LogP contribution in [0, 0.1) is 17.7 Å². The van der Waals surface area contributed by atoms with E-state index in [9.17, 15) is 14.4 Å². The number of piperidine rings is 3. The zero-order chi connectivity index (χ0) is 27.9. The average molecular weight is 542 g/mol. The van der Waals surface area contributed by atoms with Crippen LogP contribution >= 0.6 is 0 Å². The van der Waals surface area contributed by atoms with Gasteiger partial charge in [0.2, 0.25) is 11.8 Å².